The average molecular weight is 260 g/mol. The van der Waals surface area contributed by atoms with Crippen molar-refractivity contribution in [2.24, 2.45) is 0 Å². The Morgan fingerprint density at radius 3 is 3.00 bits per heavy atom. The first-order chi connectivity index (χ1) is 8.90. The molecule has 3 heteroatoms. The van der Waals surface area contributed by atoms with Gasteiger partial charge in [-0.15, -0.1) is 11.3 Å². The number of rotatable bonds is 3. The van der Waals surface area contributed by atoms with E-state index >= 15 is 0 Å². The van der Waals surface area contributed by atoms with E-state index in [0.717, 1.165) is 6.54 Å². The molecule has 2 atom stereocenters. The van der Waals surface area contributed by atoms with E-state index in [2.05, 4.69) is 47.3 Å². The molecule has 0 bridgehead atoms. The molecular formula is C15H20N2S. The summed E-state index contributed by atoms with van der Waals surface area (Å²) in [6, 6.07) is 9.72. The second-order valence-corrected chi connectivity index (χ2v) is 5.92. The minimum atomic E-state index is 0.432. The predicted molar refractivity (Wildman–Crippen MR) is 79.3 cm³/mol. The number of benzene rings is 1. The summed E-state index contributed by atoms with van der Waals surface area (Å²) >= 11 is 1.85. The van der Waals surface area contributed by atoms with Crippen molar-refractivity contribution in [2.45, 2.75) is 31.3 Å². The molecule has 2 N–H and O–H groups in total. The molecule has 96 valence electrons. The normalized spacial score (nSPS) is 22.2. The summed E-state index contributed by atoms with van der Waals surface area (Å²) in [6.45, 7) is 1.16. The maximum atomic E-state index is 3.67. The summed E-state index contributed by atoms with van der Waals surface area (Å²) in [4.78, 5) is 0. The molecule has 0 aliphatic carbocycles. The third-order valence-electron chi connectivity index (χ3n) is 3.91. The largest absolute Gasteiger partial charge is 0.312 e. The summed E-state index contributed by atoms with van der Waals surface area (Å²) in [7, 11) is 2.08. The molecule has 2 aromatic rings. The fourth-order valence-electron chi connectivity index (χ4n) is 2.98. The lowest BCUT2D eigenvalue weighted by Gasteiger charge is -2.31. The summed E-state index contributed by atoms with van der Waals surface area (Å²) in [5, 5.41) is 10.9. The van der Waals surface area contributed by atoms with Crippen molar-refractivity contribution in [3.05, 3.63) is 35.2 Å². The fraction of sp³-hybridized carbons (Fsp3) is 0.467. The molecule has 1 aromatic heterocycles. The zero-order chi connectivity index (χ0) is 12.4. The van der Waals surface area contributed by atoms with Gasteiger partial charge in [0, 0.05) is 16.8 Å². The Labute approximate surface area is 112 Å². The zero-order valence-corrected chi connectivity index (χ0v) is 11.6. The van der Waals surface area contributed by atoms with Crippen molar-refractivity contribution in [2.75, 3.05) is 13.6 Å². The standard InChI is InChI=1S/C15H20N2S/c1-16-15(13-7-4-5-9-17-13)12-10-18-14-8-3-2-6-11(12)14/h2-3,6,8,10,13,15-17H,4-5,7,9H2,1H3. The summed E-state index contributed by atoms with van der Waals surface area (Å²) in [5.41, 5.74) is 1.46. The number of piperidine rings is 1. The highest BCUT2D eigenvalue weighted by atomic mass is 32.1. The van der Waals surface area contributed by atoms with Gasteiger partial charge in [0.15, 0.2) is 0 Å². The van der Waals surface area contributed by atoms with Crippen LogP contribution in [0.4, 0.5) is 0 Å². The van der Waals surface area contributed by atoms with E-state index in [9.17, 15) is 0 Å². The van der Waals surface area contributed by atoms with E-state index < -0.39 is 0 Å². The van der Waals surface area contributed by atoms with Crippen LogP contribution in [0.3, 0.4) is 0 Å². The Morgan fingerprint density at radius 1 is 1.33 bits per heavy atom. The minimum Gasteiger partial charge on any atom is -0.312 e. The third kappa shape index (κ3) is 2.18. The smallest absolute Gasteiger partial charge is 0.0487 e. The van der Waals surface area contributed by atoms with Gasteiger partial charge in [0.2, 0.25) is 0 Å². The van der Waals surface area contributed by atoms with Crippen molar-refractivity contribution >= 4 is 21.4 Å². The molecule has 1 aliphatic heterocycles. The molecule has 2 nitrogen and oxygen atoms in total. The summed E-state index contributed by atoms with van der Waals surface area (Å²) in [6.07, 6.45) is 3.94. The van der Waals surface area contributed by atoms with Crippen molar-refractivity contribution in [1.82, 2.24) is 10.6 Å². The van der Waals surface area contributed by atoms with E-state index in [0.29, 0.717) is 12.1 Å². The van der Waals surface area contributed by atoms with Crippen molar-refractivity contribution in [3.63, 3.8) is 0 Å². The van der Waals surface area contributed by atoms with Crippen LogP contribution in [0.1, 0.15) is 30.9 Å². The van der Waals surface area contributed by atoms with E-state index in [-0.39, 0.29) is 0 Å². The first-order valence-electron chi connectivity index (χ1n) is 6.77. The molecule has 18 heavy (non-hydrogen) atoms. The van der Waals surface area contributed by atoms with Crippen LogP contribution in [0.5, 0.6) is 0 Å². The Kier molecular flexibility index (Phi) is 3.64. The van der Waals surface area contributed by atoms with Crippen LogP contribution in [0.15, 0.2) is 29.6 Å². The first-order valence-corrected chi connectivity index (χ1v) is 7.65. The number of thiophene rings is 1. The average Bonchev–Trinajstić information content (AvgIpc) is 2.85. The van der Waals surface area contributed by atoms with Gasteiger partial charge in [0.25, 0.3) is 0 Å². The lowest BCUT2D eigenvalue weighted by Crippen LogP contribution is -2.43. The zero-order valence-electron chi connectivity index (χ0n) is 10.8. The molecule has 2 unspecified atom stereocenters. The van der Waals surface area contributed by atoms with Crippen molar-refractivity contribution in [3.8, 4) is 0 Å². The van der Waals surface area contributed by atoms with E-state index in [1.54, 1.807) is 0 Å². The predicted octanol–water partition coefficient (Wildman–Crippen LogP) is 3.30. The van der Waals surface area contributed by atoms with Gasteiger partial charge in [-0.2, -0.15) is 0 Å². The van der Waals surface area contributed by atoms with Gasteiger partial charge in [-0.25, -0.2) is 0 Å². The van der Waals surface area contributed by atoms with Gasteiger partial charge in [-0.05, 0) is 48.8 Å². The molecule has 2 heterocycles. The number of hydrogen-bond donors (Lipinski definition) is 2. The molecular weight excluding hydrogens is 240 g/mol. The SMILES string of the molecule is CNC(c1csc2ccccc12)C1CCCCN1. The molecule has 1 saturated heterocycles. The van der Waals surface area contributed by atoms with Crippen LogP contribution in [0.2, 0.25) is 0 Å². The highest BCUT2D eigenvalue weighted by molar-refractivity contribution is 7.17. The third-order valence-corrected chi connectivity index (χ3v) is 4.89. The number of nitrogens with one attached hydrogen (secondary N) is 2. The van der Waals surface area contributed by atoms with Gasteiger partial charge in [-0.1, -0.05) is 24.6 Å². The van der Waals surface area contributed by atoms with Crippen LogP contribution >= 0.6 is 11.3 Å². The Morgan fingerprint density at radius 2 is 2.22 bits per heavy atom. The second-order valence-electron chi connectivity index (χ2n) is 5.01. The van der Waals surface area contributed by atoms with Gasteiger partial charge in [0.1, 0.15) is 0 Å². The highest BCUT2D eigenvalue weighted by Gasteiger charge is 2.25. The summed E-state index contributed by atoms with van der Waals surface area (Å²) in [5.74, 6) is 0. The van der Waals surface area contributed by atoms with Crippen LogP contribution in [0, 0.1) is 0 Å². The Hall–Kier alpha value is -0.900. The molecule has 1 aromatic carbocycles. The van der Waals surface area contributed by atoms with Crippen LogP contribution in [-0.2, 0) is 0 Å². The molecule has 1 fully saturated rings. The number of hydrogen-bond acceptors (Lipinski definition) is 3. The van der Waals surface area contributed by atoms with Gasteiger partial charge >= 0.3 is 0 Å². The van der Waals surface area contributed by atoms with E-state index in [4.69, 9.17) is 0 Å². The van der Waals surface area contributed by atoms with Crippen molar-refractivity contribution in [1.29, 1.82) is 0 Å². The van der Waals surface area contributed by atoms with Gasteiger partial charge in [-0.3, -0.25) is 0 Å². The van der Waals surface area contributed by atoms with Crippen molar-refractivity contribution < 1.29 is 0 Å². The van der Waals surface area contributed by atoms with Gasteiger partial charge < -0.3 is 10.6 Å². The minimum absolute atomic E-state index is 0.432. The monoisotopic (exact) mass is 260 g/mol. The molecule has 0 radical (unpaired) electrons. The quantitative estimate of drug-likeness (QED) is 0.885. The summed E-state index contributed by atoms with van der Waals surface area (Å²) < 4.78 is 1.39. The number of fused-ring (bicyclic) bond motifs is 1. The molecule has 0 spiro atoms. The lowest BCUT2D eigenvalue weighted by atomic mass is 9.92. The maximum Gasteiger partial charge on any atom is 0.0487 e. The van der Waals surface area contributed by atoms with E-state index in [1.165, 1.54) is 34.9 Å². The first kappa shape index (κ1) is 12.2. The van der Waals surface area contributed by atoms with E-state index in [1.807, 2.05) is 11.3 Å². The lowest BCUT2D eigenvalue weighted by molar-refractivity contribution is 0.328. The second kappa shape index (κ2) is 5.39. The van der Waals surface area contributed by atoms with Crippen LogP contribution < -0.4 is 10.6 Å². The fourth-order valence-corrected chi connectivity index (χ4v) is 3.97. The molecule has 1 aliphatic rings. The van der Waals surface area contributed by atoms with Crippen LogP contribution in [0.25, 0.3) is 10.1 Å². The molecule has 0 saturated carbocycles. The maximum absolute atomic E-state index is 3.67. The molecule has 0 amide bonds. The van der Waals surface area contributed by atoms with Crippen LogP contribution in [-0.4, -0.2) is 19.6 Å². The Balaban J connectivity index is 1.95. The molecule has 3 rings (SSSR count). The highest BCUT2D eigenvalue weighted by Crippen LogP contribution is 2.33. The Bertz CT molecular complexity index is 514. The van der Waals surface area contributed by atoms with Gasteiger partial charge in [0.05, 0.1) is 0 Å². The topological polar surface area (TPSA) is 24.1 Å². The number of likely N-dealkylation sites (N-methyl/N-ethyl adjacent to an activating group) is 1.